The van der Waals surface area contributed by atoms with Gasteiger partial charge in [-0.15, -0.1) is 0 Å². The zero-order valence-electron chi connectivity index (χ0n) is 26.6. The molecule has 8 aromatic carbocycles. The van der Waals surface area contributed by atoms with Crippen LogP contribution in [0.2, 0.25) is 0 Å². The minimum atomic E-state index is -0.310. The second kappa shape index (κ2) is 10.6. The Labute approximate surface area is 275 Å². The second-order valence-corrected chi connectivity index (χ2v) is 13.0. The molecule has 1 aliphatic heterocycles. The van der Waals surface area contributed by atoms with Gasteiger partial charge < -0.3 is 9.80 Å². The molecule has 0 spiro atoms. The number of fused-ring (bicyclic) bond motifs is 9. The third-order valence-corrected chi connectivity index (χ3v) is 9.95. The van der Waals surface area contributed by atoms with E-state index in [0.29, 0.717) is 0 Å². The number of rotatable bonds is 4. The molecular weight excluding hydrogens is 569 g/mol. The summed E-state index contributed by atoms with van der Waals surface area (Å²) in [6.07, 6.45) is 0. The quantitative estimate of drug-likeness (QED) is 0.185. The molecule has 0 aliphatic carbocycles. The van der Waals surface area contributed by atoms with Gasteiger partial charge in [0, 0.05) is 28.2 Å². The van der Waals surface area contributed by atoms with Crippen molar-refractivity contribution in [1.82, 2.24) is 0 Å². The Bertz CT molecular complexity index is 2350. The van der Waals surface area contributed by atoms with E-state index in [4.69, 9.17) is 0 Å². The molecule has 0 aromatic heterocycles. The van der Waals surface area contributed by atoms with E-state index in [2.05, 4.69) is 194 Å². The lowest BCUT2D eigenvalue weighted by Gasteiger charge is -2.43. The van der Waals surface area contributed by atoms with E-state index in [1.54, 1.807) is 0 Å². The van der Waals surface area contributed by atoms with Crippen LogP contribution in [0.4, 0.5) is 34.1 Å². The van der Waals surface area contributed by atoms with Crippen LogP contribution in [0.25, 0.3) is 32.3 Å². The summed E-state index contributed by atoms with van der Waals surface area (Å²) < 4.78 is 0. The van der Waals surface area contributed by atoms with Gasteiger partial charge in [-0.25, -0.2) is 0 Å². The predicted octanol–water partition coefficient (Wildman–Crippen LogP) is 12.7. The fourth-order valence-electron chi connectivity index (χ4n) is 7.88. The molecule has 47 heavy (non-hydrogen) atoms. The van der Waals surface area contributed by atoms with Crippen molar-refractivity contribution < 1.29 is 0 Å². The van der Waals surface area contributed by atoms with Crippen molar-refractivity contribution in [2.24, 2.45) is 0 Å². The van der Waals surface area contributed by atoms with Gasteiger partial charge in [-0.1, -0.05) is 123 Å². The van der Waals surface area contributed by atoms with Crippen LogP contribution in [0.1, 0.15) is 25.0 Å². The summed E-state index contributed by atoms with van der Waals surface area (Å²) in [5, 5.41) is 7.83. The van der Waals surface area contributed by atoms with E-state index in [0.717, 1.165) is 22.7 Å². The molecule has 224 valence electrons. The molecule has 1 heterocycles. The Morgan fingerprint density at radius 1 is 0.426 bits per heavy atom. The van der Waals surface area contributed by atoms with Gasteiger partial charge in [-0.3, -0.25) is 0 Å². The number of hydrogen-bond donors (Lipinski definition) is 0. The fourth-order valence-corrected chi connectivity index (χ4v) is 7.88. The van der Waals surface area contributed by atoms with Crippen molar-refractivity contribution in [2.45, 2.75) is 19.3 Å². The number of benzene rings is 8. The average Bonchev–Trinajstić information content (AvgIpc) is 3.13. The minimum Gasteiger partial charge on any atom is -0.310 e. The summed E-state index contributed by atoms with van der Waals surface area (Å²) in [5.41, 5.74) is 9.36. The first kappa shape index (κ1) is 27.5. The molecule has 0 atom stereocenters. The van der Waals surface area contributed by atoms with Crippen LogP contribution < -0.4 is 9.80 Å². The van der Waals surface area contributed by atoms with Crippen molar-refractivity contribution in [2.75, 3.05) is 9.80 Å². The SMILES string of the molecule is CC1(C)c2cc(N(c3ccccc3)c3ccccc3)ccc2N(c2ccccc2)c2ccc3c4ccccc4c4ccccc4c3c21. The van der Waals surface area contributed by atoms with Crippen molar-refractivity contribution in [3.05, 3.63) is 181 Å². The van der Waals surface area contributed by atoms with Crippen molar-refractivity contribution in [3.8, 4) is 0 Å². The van der Waals surface area contributed by atoms with Crippen LogP contribution in [0.3, 0.4) is 0 Å². The first-order valence-corrected chi connectivity index (χ1v) is 16.4. The molecule has 0 saturated carbocycles. The summed E-state index contributed by atoms with van der Waals surface area (Å²) >= 11 is 0. The van der Waals surface area contributed by atoms with Gasteiger partial charge in [0.2, 0.25) is 0 Å². The van der Waals surface area contributed by atoms with E-state index >= 15 is 0 Å². The fraction of sp³-hybridized carbons (Fsp3) is 0.0667. The third-order valence-electron chi connectivity index (χ3n) is 9.95. The molecule has 0 bridgehead atoms. The van der Waals surface area contributed by atoms with E-state index in [1.165, 1.54) is 54.8 Å². The first-order chi connectivity index (χ1) is 23.1. The summed E-state index contributed by atoms with van der Waals surface area (Å²) in [7, 11) is 0. The van der Waals surface area contributed by atoms with Crippen LogP contribution in [0.15, 0.2) is 170 Å². The summed E-state index contributed by atoms with van der Waals surface area (Å²) in [5.74, 6) is 0. The Hall–Kier alpha value is -5.86. The monoisotopic (exact) mass is 602 g/mol. The predicted molar refractivity (Wildman–Crippen MR) is 200 cm³/mol. The zero-order chi connectivity index (χ0) is 31.5. The van der Waals surface area contributed by atoms with E-state index in [9.17, 15) is 0 Å². The highest BCUT2D eigenvalue weighted by atomic mass is 15.2. The van der Waals surface area contributed by atoms with Crippen molar-refractivity contribution >= 4 is 66.4 Å². The maximum Gasteiger partial charge on any atom is 0.0509 e. The molecule has 1 aliphatic rings. The lowest BCUT2D eigenvalue weighted by Crippen LogP contribution is -2.31. The minimum absolute atomic E-state index is 0.310. The molecule has 8 aromatic rings. The Morgan fingerprint density at radius 2 is 0.894 bits per heavy atom. The van der Waals surface area contributed by atoms with Crippen molar-refractivity contribution in [1.29, 1.82) is 0 Å². The number of para-hydroxylation sites is 3. The Balaban J connectivity index is 1.38. The number of nitrogens with zero attached hydrogens (tertiary/aromatic N) is 2. The molecule has 9 rings (SSSR count). The molecule has 0 fully saturated rings. The van der Waals surface area contributed by atoms with Crippen LogP contribution in [-0.2, 0) is 5.41 Å². The van der Waals surface area contributed by atoms with E-state index in [-0.39, 0.29) is 5.41 Å². The van der Waals surface area contributed by atoms with Gasteiger partial charge in [0.05, 0.1) is 11.4 Å². The van der Waals surface area contributed by atoms with Gasteiger partial charge >= 0.3 is 0 Å². The molecule has 0 unspecified atom stereocenters. The molecule has 2 heteroatoms. The van der Waals surface area contributed by atoms with Crippen LogP contribution in [-0.4, -0.2) is 0 Å². The maximum absolute atomic E-state index is 2.47. The smallest absolute Gasteiger partial charge is 0.0509 e. The molecule has 0 radical (unpaired) electrons. The van der Waals surface area contributed by atoms with E-state index in [1.807, 2.05) is 0 Å². The average molecular weight is 603 g/mol. The normalized spacial score (nSPS) is 13.4. The maximum atomic E-state index is 2.47. The number of hydrogen-bond acceptors (Lipinski definition) is 2. The highest BCUT2D eigenvalue weighted by molar-refractivity contribution is 6.27. The summed E-state index contributed by atoms with van der Waals surface area (Å²) in [4.78, 5) is 4.84. The molecule has 0 saturated heterocycles. The lowest BCUT2D eigenvalue weighted by atomic mass is 9.70. The molecular formula is C45H34N2. The highest BCUT2D eigenvalue weighted by Gasteiger charge is 2.39. The Morgan fingerprint density at radius 3 is 1.49 bits per heavy atom. The van der Waals surface area contributed by atoms with Gasteiger partial charge in [-0.05, 0) is 104 Å². The molecule has 0 amide bonds. The van der Waals surface area contributed by atoms with Gasteiger partial charge in [0.15, 0.2) is 0 Å². The van der Waals surface area contributed by atoms with Gasteiger partial charge in [0.25, 0.3) is 0 Å². The topological polar surface area (TPSA) is 6.48 Å². The second-order valence-electron chi connectivity index (χ2n) is 13.0. The molecule has 2 nitrogen and oxygen atoms in total. The standard InChI is InChI=1S/C45H34N2/c1-45(2)40-30-34(46(31-16-6-3-7-17-31)32-18-8-4-9-19-32)26-28-41(40)47(33-20-10-5-11-21-33)42-29-27-39-37-24-13-12-22-35(37)36-23-14-15-25-38(36)43(39)44(42)45/h3-30H,1-2H3. The van der Waals surface area contributed by atoms with Gasteiger partial charge in [0.1, 0.15) is 0 Å². The third kappa shape index (κ3) is 4.18. The molecule has 0 N–H and O–H groups in total. The first-order valence-electron chi connectivity index (χ1n) is 16.4. The van der Waals surface area contributed by atoms with Crippen LogP contribution in [0.5, 0.6) is 0 Å². The van der Waals surface area contributed by atoms with Crippen molar-refractivity contribution in [3.63, 3.8) is 0 Å². The Kier molecular flexibility index (Phi) is 6.20. The van der Waals surface area contributed by atoms with Crippen LogP contribution in [0, 0.1) is 0 Å². The largest absolute Gasteiger partial charge is 0.310 e. The van der Waals surface area contributed by atoms with Crippen LogP contribution >= 0.6 is 0 Å². The summed E-state index contributed by atoms with van der Waals surface area (Å²) in [6.45, 7) is 4.82. The zero-order valence-corrected chi connectivity index (χ0v) is 26.6. The van der Waals surface area contributed by atoms with Gasteiger partial charge in [-0.2, -0.15) is 0 Å². The van der Waals surface area contributed by atoms with E-state index < -0.39 is 0 Å². The highest BCUT2D eigenvalue weighted by Crippen LogP contribution is 2.56. The number of anilines is 6. The summed E-state index contributed by atoms with van der Waals surface area (Å²) in [6, 6.07) is 61.7. The lowest BCUT2D eigenvalue weighted by molar-refractivity contribution is 0.638.